The Hall–Kier alpha value is -0.260. The van der Waals surface area contributed by atoms with Crippen LogP contribution in [0.4, 0.5) is 5.69 Å². The Kier molecular flexibility index (Phi) is 5.15. The summed E-state index contributed by atoms with van der Waals surface area (Å²) in [6.45, 7) is 7.62. The smallest absolute Gasteiger partial charge is 0.135 e. The third-order valence-corrected chi connectivity index (χ3v) is 4.84. The van der Waals surface area contributed by atoms with Crippen LogP contribution in [0.1, 0.15) is 13.8 Å². The van der Waals surface area contributed by atoms with Crippen LogP contribution in [0, 0.1) is 5.92 Å². The van der Waals surface area contributed by atoms with Crippen molar-refractivity contribution in [3.8, 4) is 5.75 Å². The average Bonchev–Trinajstić information content (AvgIpc) is 2.39. The second kappa shape index (κ2) is 6.46. The van der Waals surface area contributed by atoms with E-state index >= 15 is 0 Å². The van der Waals surface area contributed by atoms with Crippen LogP contribution >= 0.6 is 31.9 Å². The summed E-state index contributed by atoms with van der Waals surface area (Å²) in [6, 6.07) is 4.68. The zero-order chi connectivity index (χ0) is 14.0. The predicted octanol–water partition coefficient (Wildman–Crippen LogP) is 3.65. The van der Waals surface area contributed by atoms with Gasteiger partial charge in [-0.3, -0.25) is 0 Å². The normalized spacial score (nSPS) is 19.9. The van der Waals surface area contributed by atoms with Gasteiger partial charge >= 0.3 is 0 Å². The summed E-state index contributed by atoms with van der Waals surface area (Å²) in [5, 5.41) is 3.48. The van der Waals surface area contributed by atoms with Crippen LogP contribution < -0.4 is 15.0 Å². The molecule has 1 N–H and O–H groups in total. The molecule has 0 radical (unpaired) electrons. The molecule has 1 heterocycles. The molecule has 1 aliphatic heterocycles. The molecule has 106 valence electrons. The summed E-state index contributed by atoms with van der Waals surface area (Å²) in [5.41, 5.74) is 1.21. The maximum Gasteiger partial charge on any atom is 0.135 e. The molecule has 1 aliphatic rings. The summed E-state index contributed by atoms with van der Waals surface area (Å²) in [5.74, 6) is 1.48. The third kappa shape index (κ3) is 3.26. The molecule has 5 heteroatoms. The average molecular weight is 392 g/mol. The molecule has 1 aromatic carbocycles. The second-order valence-corrected chi connectivity index (χ2v) is 6.86. The van der Waals surface area contributed by atoms with E-state index in [2.05, 4.69) is 68.1 Å². The van der Waals surface area contributed by atoms with Gasteiger partial charge in [0.05, 0.1) is 17.3 Å². The molecule has 1 fully saturated rings. The monoisotopic (exact) mass is 390 g/mol. The molecule has 0 aromatic heterocycles. The van der Waals surface area contributed by atoms with Gasteiger partial charge in [-0.05, 0) is 43.8 Å². The van der Waals surface area contributed by atoms with Crippen LogP contribution in [-0.2, 0) is 0 Å². The van der Waals surface area contributed by atoms with Gasteiger partial charge in [-0.25, -0.2) is 0 Å². The fourth-order valence-corrected chi connectivity index (χ4v) is 3.90. The van der Waals surface area contributed by atoms with E-state index in [1.54, 1.807) is 7.11 Å². The van der Waals surface area contributed by atoms with Crippen LogP contribution in [0.25, 0.3) is 0 Å². The lowest BCUT2D eigenvalue weighted by molar-refractivity contribution is 0.387. The highest BCUT2D eigenvalue weighted by Gasteiger charge is 2.27. The molecule has 19 heavy (non-hydrogen) atoms. The number of rotatable bonds is 3. The number of benzene rings is 1. The molecule has 0 bridgehead atoms. The van der Waals surface area contributed by atoms with E-state index in [1.165, 1.54) is 5.69 Å². The van der Waals surface area contributed by atoms with Crippen LogP contribution in [0.5, 0.6) is 5.75 Å². The van der Waals surface area contributed by atoms with Crippen molar-refractivity contribution in [1.82, 2.24) is 5.32 Å². The number of methoxy groups -OCH3 is 1. The number of piperazine rings is 1. The predicted molar refractivity (Wildman–Crippen MR) is 87.2 cm³/mol. The zero-order valence-corrected chi connectivity index (χ0v) is 14.7. The molecule has 1 atom stereocenters. The molecular weight excluding hydrogens is 372 g/mol. The van der Waals surface area contributed by atoms with E-state index in [-0.39, 0.29) is 0 Å². The lowest BCUT2D eigenvalue weighted by atomic mass is 9.99. The van der Waals surface area contributed by atoms with Gasteiger partial charge in [0, 0.05) is 36.2 Å². The van der Waals surface area contributed by atoms with Crippen molar-refractivity contribution in [2.24, 2.45) is 5.92 Å². The first-order valence-corrected chi connectivity index (χ1v) is 8.13. The molecule has 3 nitrogen and oxygen atoms in total. The Balaban J connectivity index is 2.38. The van der Waals surface area contributed by atoms with Gasteiger partial charge in [-0.2, -0.15) is 0 Å². The summed E-state index contributed by atoms with van der Waals surface area (Å²) in [4.78, 5) is 2.47. The molecule has 0 aliphatic carbocycles. The highest BCUT2D eigenvalue weighted by atomic mass is 79.9. The van der Waals surface area contributed by atoms with Crippen molar-refractivity contribution in [3.05, 3.63) is 21.1 Å². The summed E-state index contributed by atoms with van der Waals surface area (Å²) in [7, 11) is 1.70. The molecule has 1 saturated heterocycles. The first-order chi connectivity index (χ1) is 9.04. The first kappa shape index (κ1) is 15.1. The minimum absolute atomic E-state index is 0.510. The van der Waals surface area contributed by atoms with Gasteiger partial charge < -0.3 is 15.0 Å². The largest absolute Gasteiger partial charge is 0.495 e. The fourth-order valence-electron chi connectivity index (χ4n) is 2.52. The number of anilines is 1. The minimum Gasteiger partial charge on any atom is -0.495 e. The van der Waals surface area contributed by atoms with Crippen molar-refractivity contribution in [2.75, 3.05) is 31.6 Å². The Morgan fingerprint density at radius 2 is 2.05 bits per heavy atom. The number of nitrogens with zero attached hydrogens (tertiary/aromatic N) is 1. The van der Waals surface area contributed by atoms with Gasteiger partial charge in [0.15, 0.2) is 0 Å². The van der Waals surface area contributed by atoms with Crippen molar-refractivity contribution in [1.29, 1.82) is 0 Å². The van der Waals surface area contributed by atoms with Crippen molar-refractivity contribution in [2.45, 2.75) is 19.9 Å². The Morgan fingerprint density at radius 1 is 1.32 bits per heavy atom. The Morgan fingerprint density at radius 3 is 2.68 bits per heavy atom. The lowest BCUT2D eigenvalue weighted by Gasteiger charge is -2.41. The Bertz CT molecular complexity index is 451. The molecular formula is C14H20Br2N2O. The van der Waals surface area contributed by atoms with Crippen molar-refractivity contribution >= 4 is 37.5 Å². The van der Waals surface area contributed by atoms with E-state index in [0.29, 0.717) is 12.0 Å². The fraction of sp³-hybridized carbons (Fsp3) is 0.571. The molecule has 1 aromatic rings. The number of ether oxygens (including phenoxy) is 1. The van der Waals surface area contributed by atoms with Crippen LogP contribution in [-0.4, -0.2) is 32.8 Å². The maximum atomic E-state index is 5.42. The van der Waals surface area contributed by atoms with E-state index in [9.17, 15) is 0 Å². The highest BCUT2D eigenvalue weighted by Crippen LogP contribution is 2.38. The molecule has 0 amide bonds. The van der Waals surface area contributed by atoms with Gasteiger partial charge in [-0.15, -0.1) is 0 Å². The van der Waals surface area contributed by atoms with Crippen molar-refractivity contribution < 1.29 is 4.74 Å². The van der Waals surface area contributed by atoms with E-state index in [0.717, 1.165) is 34.3 Å². The molecule has 2 rings (SSSR count). The highest BCUT2D eigenvalue weighted by molar-refractivity contribution is 9.11. The SMILES string of the molecule is COc1cc(N2CCNCC2C(C)C)c(Br)cc1Br. The van der Waals surface area contributed by atoms with Crippen LogP contribution in [0.3, 0.4) is 0 Å². The number of hydrogen-bond donors (Lipinski definition) is 1. The van der Waals surface area contributed by atoms with Gasteiger partial charge in [0.25, 0.3) is 0 Å². The number of nitrogens with one attached hydrogen (secondary N) is 1. The first-order valence-electron chi connectivity index (χ1n) is 6.55. The second-order valence-electron chi connectivity index (χ2n) is 5.15. The summed E-state index contributed by atoms with van der Waals surface area (Å²) >= 11 is 7.20. The van der Waals surface area contributed by atoms with Crippen LogP contribution in [0.15, 0.2) is 21.1 Å². The van der Waals surface area contributed by atoms with E-state index in [1.807, 2.05) is 0 Å². The van der Waals surface area contributed by atoms with Crippen molar-refractivity contribution in [3.63, 3.8) is 0 Å². The zero-order valence-electron chi connectivity index (χ0n) is 11.5. The van der Waals surface area contributed by atoms with Gasteiger partial charge in [0.2, 0.25) is 0 Å². The quantitative estimate of drug-likeness (QED) is 0.850. The van der Waals surface area contributed by atoms with E-state index in [4.69, 9.17) is 4.74 Å². The lowest BCUT2D eigenvalue weighted by Crippen LogP contribution is -2.53. The molecule has 1 unspecified atom stereocenters. The topological polar surface area (TPSA) is 24.5 Å². The van der Waals surface area contributed by atoms with Gasteiger partial charge in [0.1, 0.15) is 5.75 Å². The Labute approximate surface area is 132 Å². The van der Waals surface area contributed by atoms with Gasteiger partial charge in [-0.1, -0.05) is 13.8 Å². The third-order valence-electron chi connectivity index (χ3n) is 3.58. The number of hydrogen-bond acceptors (Lipinski definition) is 3. The van der Waals surface area contributed by atoms with Crippen LogP contribution in [0.2, 0.25) is 0 Å². The maximum absolute atomic E-state index is 5.42. The summed E-state index contributed by atoms with van der Waals surface area (Å²) < 4.78 is 7.50. The molecule has 0 spiro atoms. The minimum atomic E-state index is 0.510. The summed E-state index contributed by atoms with van der Waals surface area (Å²) in [6.07, 6.45) is 0. The number of halogens is 2. The molecule has 0 saturated carbocycles. The standard InChI is InChI=1S/C14H20Br2N2O/c1-9(2)13-8-17-4-5-18(13)12-7-14(19-3)11(16)6-10(12)15/h6-7,9,13,17H,4-5,8H2,1-3H3. The van der Waals surface area contributed by atoms with E-state index < -0.39 is 0 Å².